The molecule has 0 N–H and O–H groups in total. The van der Waals surface area contributed by atoms with Gasteiger partial charge in [0.2, 0.25) is 0 Å². The minimum Gasteiger partial charge on any atom is -0.229 e. The lowest BCUT2D eigenvalue weighted by Crippen LogP contribution is -2.07. The Labute approximate surface area is 75.6 Å². The summed E-state index contributed by atoms with van der Waals surface area (Å²) in [5, 5.41) is 0. The molecule has 0 heterocycles. The van der Waals surface area contributed by atoms with E-state index >= 15 is 0 Å². The smallest absolute Gasteiger partial charge is 0.150 e. The molecular formula is C9H18O2S. The van der Waals surface area contributed by atoms with Crippen LogP contribution >= 0.6 is 0 Å². The van der Waals surface area contributed by atoms with Crippen LogP contribution in [-0.2, 0) is 9.84 Å². The van der Waals surface area contributed by atoms with Crippen LogP contribution in [0.3, 0.4) is 0 Å². The van der Waals surface area contributed by atoms with Crippen molar-refractivity contribution in [1.82, 2.24) is 0 Å². The third-order valence-corrected chi connectivity index (χ3v) is 3.46. The molecule has 0 aromatic heterocycles. The van der Waals surface area contributed by atoms with Crippen LogP contribution < -0.4 is 0 Å². The van der Waals surface area contributed by atoms with Gasteiger partial charge in [0.15, 0.2) is 0 Å². The first-order valence-corrected chi connectivity index (χ1v) is 6.30. The molecule has 0 atom stereocenters. The highest BCUT2D eigenvalue weighted by atomic mass is 32.2. The molecule has 0 spiro atoms. The Morgan fingerprint density at radius 3 is 2.33 bits per heavy atom. The van der Waals surface area contributed by atoms with E-state index in [4.69, 9.17) is 0 Å². The summed E-state index contributed by atoms with van der Waals surface area (Å²) in [5.74, 6) is 0.599. The summed E-state index contributed by atoms with van der Waals surface area (Å²) in [7, 11) is -2.74. The Morgan fingerprint density at radius 1 is 1.17 bits per heavy atom. The number of hydrogen-bond donors (Lipinski definition) is 0. The van der Waals surface area contributed by atoms with Gasteiger partial charge < -0.3 is 0 Å². The predicted octanol–water partition coefficient (Wildman–Crippen LogP) is 2.17. The van der Waals surface area contributed by atoms with Gasteiger partial charge in [-0.25, -0.2) is 8.42 Å². The van der Waals surface area contributed by atoms with E-state index in [1.54, 1.807) is 6.92 Å². The first-order valence-electron chi connectivity index (χ1n) is 4.47. The standard InChI is InChI=1S/C9H18O2S/c1-3-5-6-7-8-9-12(10,11)4-2/h5-6H,3-4,7-9H2,1-2H3/b6-5-. The van der Waals surface area contributed by atoms with E-state index in [9.17, 15) is 8.42 Å². The van der Waals surface area contributed by atoms with Gasteiger partial charge in [-0.1, -0.05) is 26.0 Å². The monoisotopic (exact) mass is 190 g/mol. The highest BCUT2D eigenvalue weighted by Gasteiger charge is 2.04. The maximum Gasteiger partial charge on any atom is 0.150 e. The van der Waals surface area contributed by atoms with Crippen LogP contribution in [0, 0.1) is 0 Å². The molecule has 12 heavy (non-hydrogen) atoms. The molecule has 0 bridgehead atoms. The van der Waals surface area contributed by atoms with E-state index in [0.717, 1.165) is 19.3 Å². The van der Waals surface area contributed by atoms with Gasteiger partial charge in [-0.15, -0.1) is 0 Å². The van der Waals surface area contributed by atoms with Crippen LogP contribution in [-0.4, -0.2) is 19.9 Å². The number of hydrogen-bond acceptors (Lipinski definition) is 2. The zero-order chi connectivity index (χ0) is 9.45. The summed E-state index contributed by atoms with van der Waals surface area (Å²) in [5.41, 5.74) is 0. The SMILES string of the molecule is CC/C=C\CCCS(=O)(=O)CC. The molecule has 0 radical (unpaired) electrons. The van der Waals surface area contributed by atoms with Crippen LogP contribution in [0.25, 0.3) is 0 Å². The van der Waals surface area contributed by atoms with Crippen molar-refractivity contribution >= 4 is 9.84 Å². The van der Waals surface area contributed by atoms with E-state index < -0.39 is 9.84 Å². The van der Waals surface area contributed by atoms with Crippen LogP contribution in [0.2, 0.25) is 0 Å². The second-order valence-electron chi connectivity index (χ2n) is 2.76. The summed E-state index contributed by atoms with van der Waals surface area (Å²) in [6.45, 7) is 3.76. The predicted molar refractivity (Wildman–Crippen MR) is 53.0 cm³/mol. The van der Waals surface area contributed by atoms with E-state index in [-0.39, 0.29) is 5.75 Å². The quantitative estimate of drug-likeness (QED) is 0.475. The number of sulfone groups is 1. The zero-order valence-electron chi connectivity index (χ0n) is 7.91. The van der Waals surface area contributed by atoms with E-state index in [1.807, 2.05) is 6.08 Å². The molecule has 0 rings (SSSR count). The normalized spacial score (nSPS) is 12.5. The van der Waals surface area contributed by atoms with Crippen molar-refractivity contribution in [2.75, 3.05) is 11.5 Å². The van der Waals surface area contributed by atoms with E-state index in [2.05, 4.69) is 13.0 Å². The molecule has 0 saturated carbocycles. The fourth-order valence-electron chi connectivity index (χ4n) is 0.850. The topological polar surface area (TPSA) is 34.1 Å². The average molecular weight is 190 g/mol. The number of allylic oxidation sites excluding steroid dienone is 2. The van der Waals surface area contributed by atoms with Gasteiger partial charge in [0.25, 0.3) is 0 Å². The summed E-state index contributed by atoms with van der Waals surface area (Å²) in [4.78, 5) is 0. The van der Waals surface area contributed by atoms with Gasteiger partial charge in [0, 0.05) is 5.75 Å². The maximum atomic E-state index is 11.0. The van der Waals surface area contributed by atoms with Crippen LogP contribution in [0.5, 0.6) is 0 Å². The Kier molecular flexibility index (Phi) is 6.07. The van der Waals surface area contributed by atoms with E-state index in [1.165, 1.54) is 0 Å². The molecule has 0 aliphatic rings. The van der Waals surface area contributed by atoms with Gasteiger partial charge in [0.05, 0.1) is 5.75 Å². The fraction of sp³-hybridized carbons (Fsp3) is 0.778. The van der Waals surface area contributed by atoms with Crippen LogP contribution in [0.1, 0.15) is 33.1 Å². The highest BCUT2D eigenvalue weighted by Crippen LogP contribution is 1.98. The van der Waals surface area contributed by atoms with Crippen molar-refractivity contribution in [3.63, 3.8) is 0 Å². The van der Waals surface area contributed by atoms with Crippen LogP contribution in [0.15, 0.2) is 12.2 Å². The third-order valence-electron chi connectivity index (χ3n) is 1.67. The van der Waals surface area contributed by atoms with Gasteiger partial charge >= 0.3 is 0 Å². The largest absolute Gasteiger partial charge is 0.229 e. The van der Waals surface area contributed by atoms with Gasteiger partial charge in [-0.3, -0.25) is 0 Å². The Balaban J connectivity index is 3.51. The molecule has 2 nitrogen and oxygen atoms in total. The zero-order valence-corrected chi connectivity index (χ0v) is 8.73. The molecule has 0 aromatic rings. The maximum absolute atomic E-state index is 11.0. The van der Waals surface area contributed by atoms with Crippen molar-refractivity contribution in [2.24, 2.45) is 0 Å². The second-order valence-corrected chi connectivity index (χ2v) is 5.23. The summed E-state index contributed by atoms with van der Waals surface area (Å²) >= 11 is 0. The third kappa shape index (κ3) is 6.40. The van der Waals surface area contributed by atoms with Crippen molar-refractivity contribution < 1.29 is 8.42 Å². The van der Waals surface area contributed by atoms with Crippen molar-refractivity contribution in [1.29, 1.82) is 0 Å². The summed E-state index contributed by atoms with van der Waals surface area (Å²) in [6.07, 6.45) is 6.78. The second kappa shape index (κ2) is 6.23. The molecular weight excluding hydrogens is 172 g/mol. The molecule has 0 fully saturated rings. The summed E-state index contributed by atoms with van der Waals surface area (Å²) < 4.78 is 22.0. The number of rotatable bonds is 6. The lowest BCUT2D eigenvalue weighted by Gasteiger charge is -1.97. The minimum absolute atomic E-state index is 0.268. The van der Waals surface area contributed by atoms with E-state index in [0.29, 0.717) is 5.75 Å². The number of unbranched alkanes of at least 4 members (excludes halogenated alkanes) is 1. The first kappa shape index (κ1) is 11.7. The Bertz CT molecular complexity index is 215. The molecule has 0 aromatic carbocycles. The average Bonchev–Trinajstić information content (AvgIpc) is 2.04. The van der Waals surface area contributed by atoms with Crippen molar-refractivity contribution in [2.45, 2.75) is 33.1 Å². The highest BCUT2D eigenvalue weighted by molar-refractivity contribution is 7.91. The van der Waals surface area contributed by atoms with Gasteiger partial charge in [0.1, 0.15) is 9.84 Å². The Hall–Kier alpha value is -0.310. The molecule has 72 valence electrons. The van der Waals surface area contributed by atoms with Gasteiger partial charge in [-0.2, -0.15) is 0 Å². The fourth-order valence-corrected chi connectivity index (χ4v) is 1.75. The molecule has 0 amide bonds. The first-order chi connectivity index (χ1) is 5.62. The van der Waals surface area contributed by atoms with Crippen LogP contribution in [0.4, 0.5) is 0 Å². The lowest BCUT2D eigenvalue weighted by atomic mass is 10.3. The minimum atomic E-state index is -2.74. The molecule has 0 unspecified atom stereocenters. The summed E-state index contributed by atoms with van der Waals surface area (Å²) in [6, 6.07) is 0. The molecule has 3 heteroatoms. The van der Waals surface area contributed by atoms with Crippen molar-refractivity contribution in [3.05, 3.63) is 12.2 Å². The van der Waals surface area contributed by atoms with Crippen molar-refractivity contribution in [3.8, 4) is 0 Å². The lowest BCUT2D eigenvalue weighted by molar-refractivity contribution is 0.595. The molecule has 0 aliphatic heterocycles. The van der Waals surface area contributed by atoms with Gasteiger partial charge in [-0.05, 0) is 19.3 Å². The molecule has 0 aliphatic carbocycles. The molecule has 0 saturated heterocycles. The Morgan fingerprint density at radius 2 is 1.83 bits per heavy atom.